The molecule has 1 aromatic rings. The smallest absolute Gasteiger partial charge is 0.127 e. The molecular formula is C13H21FN2O. The summed E-state index contributed by atoms with van der Waals surface area (Å²) in [7, 11) is 0. The van der Waals surface area contributed by atoms with Gasteiger partial charge in [-0.05, 0) is 30.0 Å². The zero-order valence-corrected chi connectivity index (χ0v) is 10.6. The predicted molar refractivity (Wildman–Crippen MR) is 69.4 cm³/mol. The minimum Gasteiger partial charge on any atom is -0.399 e. The highest BCUT2D eigenvalue weighted by Gasteiger charge is 2.16. The lowest BCUT2D eigenvalue weighted by Crippen LogP contribution is -2.25. The molecule has 1 unspecified atom stereocenters. The molecule has 0 aliphatic heterocycles. The summed E-state index contributed by atoms with van der Waals surface area (Å²) in [6.45, 7) is 6.59. The van der Waals surface area contributed by atoms with Gasteiger partial charge in [0.05, 0.1) is 6.10 Å². The Morgan fingerprint density at radius 2 is 2.00 bits per heavy atom. The standard InChI is InChI=1S/C13H21FN2O/c1-13(2,3)7-12(17)8-16-11-5-9(14)4-10(15)6-11/h4-6,12,16-17H,7-8,15H2,1-3H3. The fourth-order valence-electron chi connectivity index (χ4n) is 1.73. The van der Waals surface area contributed by atoms with Crippen molar-refractivity contribution in [2.75, 3.05) is 17.6 Å². The number of halogens is 1. The number of nitrogen functional groups attached to an aromatic ring is 1. The number of aliphatic hydroxyl groups excluding tert-OH is 1. The van der Waals surface area contributed by atoms with Gasteiger partial charge in [-0.25, -0.2) is 4.39 Å². The normalized spacial score (nSPS) is 13.5. The van der Waals surface area contributed by atoms with Gasteiger partial charge < -0.3 is 16.2 Å². The number of benzene rings is 1. The van der Waals surface area contributed by atoms with Gasteiger partial charge >= 0.3 is 0 Å². The molecule has 0 spiro atoms. The van der Waals surface area contributed by atoms with E-state index in [2.05, 4.69) is 26.1 Å². The van der Waals surface area contributed by atoms with Crippen molar-refractivity contribution in [2.24, 2.45) is 5.41 Å². The summed E-state index contributed by atoms with van der Waals surface area (Å²) in [6.07, 6.45) is 0.227. The van der Waals surface area contributed by atoms with Crippen LogP contribution in [0.2, 0.25) is 0 Å². The molecule has 0 heterocycles. The van der Waals surface area contributed by atoms with Crippen LogP contribution in [0.15, 0.2) is 18.2 Å². The van der Waals surface area contributed by atoms with Gasteiger partial charge in [0, 0.05) is 17.9 Å². The van der Waals surface area contributed by atoms with Crippen LogP contribution in [0, 0.1) is 11.2 Å². The zero-order valence-electron chi connectivity index (χ0n) is 10.6. The van der Waals surface area contributed by atoms with Crippen molar-refractivity contribution in [2.45, 2.75) is 33.3 Å². The molecule has 0 bridgehead atoms. The molecule has 0 saturated heterocycles. The Kier molecular flexibility index (Phi) is 4.34. The lowest BCUT2D eigenvalue weighted by molar-refractivity contribution is 0.132. The minimum absolute atomic E-state index is 0.0715. The lowest BCUT2D eigenvalue weighted by Gasteiger charge is -2.22. The van der Waals surface area contributed by atoms with Crippen LogP contribution in [-0.4, -0.2) is 17.8 Å². The molecule has 1 rings (SSSR count). The molecule has 4 heteroatoms. The molecule has 4 N–H and O–H groups in total. The zero-order chi connectivity index (χ0) is 13.1. The number of nitrogens with one attached hydrogen (secondary N) is 1. The summed E-state index contributed by atoms with van der Waals surface area (Å²) in [5, 5.41) is 12.8. The molecule has 0 aliphatic carbocycles. The van der Waals surface area contributed by atoms with Gasteiger partial charge in [-0.2, -0.15) is 0 Å². The van der Waals surface area contributed by atoms with Crippen LogP contribution in [0.4, 0.5) is 15.8 Å². The van der Waals surface area contributed by atoms with Crippen LogP contribution in [0.1, 0.15) is 27.2 Å². The van der Waals surface area contributed by atoms with Gasteiger partial charge in [-0.3, -0.25) is 0 Å². The van der Waals surface area contributed by atoms with Crippen LogP contribution in [0.5, 0.6) is 0 Å². The molecule has 0 aromatic heterocycles. The Morgan fingerprint density at radius 1 is 1.35 bits per heavy atom. The molecule has 3 nitrogen and oxygen atoms in total. The maximum absolute atomic E-state index is 13.0. The second kappa shape index (κ2) is 5.36. The highest BCUT2D eigenvalue weighted by molar-refractivity contribution is 5.54. The number of anilines is 2. The Labute approximate surface area is 102 Å². The number of hydrogen-bond donors (Lipinski definition) is 3. The van der Waals surface area contributed by atoms with Crippen molar-refractivity contribution in [3.63, 3.8) is 0 Å². The maximum Gasteiger partial charge on any atom is 0.127 e. The van der Waals surface area contributed by atoms with Crippen LogP contribution in [0.25, 0.3) is 0 Å². The van der Waals surface area contributed by atoms with Crippen molar-refractivity contribution in [1.29, 1.82) is 0 Å². The van der Waals surface area contributed by atoms with Gasteiger partial charge in [0.25, 0.3) is 0 Å². The van der Waals surface area contributed by atoms with Crippen molar-refractivity contribution in [1.82, 2.24) is 0 Å². The Hall–Kier alpha value is -1.29. The quantitative estimate of drug-likeness (QED) is 0.709. The van der Waals surface area contributed by atoms with Gasteiger partial charge in [0.2, 0.25) is 0 Å². The molecule has 1 atom stereocenters. The number of aliphatic hydroxyl groups is 1. The molecular weight excluding hydrogens is 219 g/mol. The molecule has 0 saturated carbocycles. The summed E-state index contributed by atoms with van der Waals surface area (Å²) >= 11 is 0. The van der Waals surface area contributed by atoms with Gasteiger partial charge in [-0.1, -0.05) is 20.8 Å². The molecule has 0 aliphatic rings. The van der Waals surface area contributed by atoms with E-state index in [1.165, 1.54) is 12.1 Å². The second-order valence-corrected chi connectivity index (χ2v) is 5.57. The summed E-state index contributed by atoms with van der Waals surface area (Å²) in [5.74, 6) is -0.377. The first kappa shape index (κ1) is 13.8. The van der Waals surface area contributed by atoms with E-state index < -0.39 is 6.10 Å². The van der Waals surface area contributed by atoms with Crippen molar-refractivity contribution in [3.05, 3.63) is 24.0 Å². The third-order valence-corrected chi connectivity index (χ3v) is 2.31. The monoisotopic (exact) mass is 240 g/mol. The van der Waals surface area contributed by atoms with E-state index in [0.717, 1.165) is 0 Å². The Balaban J connectivity index is 2.50. The van der Waals surface area contributed by atoms with Crippen LogP contribution >= 0.6 is 0 Å². The lowest BCUT2D eigenvalue weighted by atomic mass is 9.89. The van der Waals surface area contributed by atoms with Crippen molar-refractivity contribution < 1.29 is 9.50 Å². The van der Waals surface area contributed by atoms with Gasteiger partial charge in [0.1, 0.15) is 5.82 Å². The van der Waals surface area contributed by atoms with E-state index >= 15 is 0 Å². The second-order valence-electron chi connectivity index (χ2n) is 5.57. The van der Waals surface area contributed by atoms with Crippen LogP contribution in [-0.2, 0) is 0 Å². The highest BCUT2D eigenvalue weighted by atomic mass is 19.1. The Morgan fingerprint density at radius 3 is 2.53 bits per heavy atom. The highest BCUT2D eigenvalue weighted by Crippen LogP contribution is 2.21. The molecule has 17 heavy (non-hydrogen) atoms. The van der Waals surface area contributed by atoms with E-state index in [-0.39, 0.29) is 11.2 Å². The molecule has 0 fully saturated rings. The number of rotatable bonds is 4. The van der Waals surface area contributed by atoms with E-state index in [1.54, 1.807) is 6.07 Å². The average Bonchev–Trinajstić information content (AvgIpc) is 2.10. The van der Waals surface area contributed by atoms with E-state index in [9.17, 15) is 9.50 Å². The minimum atomic E-state index is -0.459. The van der Waals surface area contributed by atoms with Crippen LogP contribution < -0.4 is 11.1 Å². The van der Waals surface area contributed by atoms with E-state index in [0.29, 0.717) is 24.3 Å². The Bertz CT molecular complexity index is 354. The third kappa shape index (κ3) is 5.54. The average molecular weight is 240 g/mol. The first-order valence-electron chi connectivity index (χ1n) is 5.74. The first-order chi connectivity index (χ1) is 7.76. The largest absolute Gasteiger partial charge is 0.399 e. The van der Waals surface area contributed by atoms with Crippen molar-refractivity contribution in [3.8, 4) is 0 Å². The van der Waals surface area contributed by atoms with E-state index in [4.69, 9.17) is 5.73 Å². The topological polar surface area (TPSA) is 58.3 Å². The fraction of sp³-hybridized carbons (Fsp3) is 0.538. The van der Waals surface area contributed by atoms with E-state index in [1.807, 2.05) is 0 Å². The van der Waals surface area contributed by atoms with Gasteiger partial charge in [0.15, 0.2) is 0 Å². The summed E-state index contributed by atoms with van der Waals surface area (Å²) in [5.41, 5.74) is 6.56. The fourth-order valence-corrected chi connectivity index (χ4v) is 1.73. The number of hydrogen-bond acceptors (Lipinski definition) is 3. The molecule has 0 radical (unpaired) electrons. The summed E-state index contributed by atoms with van der Waals surface area (Å²) in [4.78, 5) is 0. The number of nitrogens with two attached hydrogens (primary N) is 1. The first-order valence-corrected chi connectivity index (χ1v) is 5.74. The molecule has 0 amide bonds. The van der Waals surface area contributed by atoms with Crippen LogP contribution in [0.3, 0.4) is 0 Å². The summed E-state index contributed by atoms with van der Waals surface area (Å²) < 4.78 is 13.0. The summed E-state index contributed by atoms with van der Waals surface area (Å²) in [6, 6.07) is 4.27. The van der Waals surface area contributed by atoms with Crippen molar-refractivity contribution >= 4 is 11.4 Å². The SMILES string of the molecule is CC(C)(C)CC(O)CNc1cc(N)cc(F)c1. The molecule has 96 valence electrons. The maximum atomic E-state index is 13.0. The third-order valence-electron chi connectivity index (χ3n) is 2.31. The van der Waals surface area contributed by atoms with Gasteiger partial charge in [-0.15, -0.1) is 0 Å². The predicted octanol–water partition coefficient (Wildman–Crippen LogP) is 2.62. The molecule has 1 aromatic carbocycles.